The number of carbonyl (C=O) groups excluding carboxylic acids is 1. The van der Waals surface area contributed by atoms with Crippen LogP contribution >= 0.6 is 11.6 Å². The Bertz CT molecular complexity index is 1040. The first-order chi connectivity index (χ1) is 16.4. The Balaban J connectivity index is 1.35. The maximum atomic E-state index is 13.1. The summed E-state index contributed by atoms with van der Waals surface area (Å²) < 4.78 is 5.90. The van der Waals surface area contributed by atoms with Crippen molar-refractivity contribution in [3.05, 3.63) is 58.7 Å². The monoisotopic (exact) mass is 479 g/mol. The van der Waals surface area contributed by atoms with E-state index >= 15 is 0 Å². The minimum Gasteiger partial charge on any atom is -0.477 e. The molecule has 2 saturated carbocycles. The van der Waals surface area contributed by atoms with Crippen LogP contribution in [0.5, 0.6) is 5.88 Å². The first-order valence-corrected chi connectivity index (χ1v) is 12.6. The number of nitrogens with zero attached hydrogens (tertiary/aromatic N) is 1. The summed E-state index contributed by atoms with van der Waals surface area (Å²) in [6.45, 7) is 6.46. The highest BCUT2D eigenvalue weighted by atomic mass is 35.5. The van der Waals surface area contributed by atoms with Crippen molar-refractivity contribution in [1.82, 2.24) is 15.6 Å². The van der Waals surface area contributed by atoms with E-state index in [1.807, 2.05) is 18.2 Å². The molecular formula is C28H34ClN3O2. The molecule has 6 heteroatoms. The van der Waals surface area contributed by atoms with Gasteiger partial charge in [0.05, 0.1) is 13.2 Å². The molecule has 4 rings (SSSR count). The smallest absolute Gasteiger partial charge is 0.251 e. The molecule has 0 bridgehead atoms. The van der Waals surface area contributed by atoms with Crippen molar-refractivity contribution < 1.29 is 9.53 Å². The molecule has 2 aliphatic rings. The zero-order valence-electron chi connectivity index (χ0n) is 20.1. The summed E-state index contributed by atoms with van der Waals surface area (Å²) in [7, 11) is 0. The number of carbonyl (C=O) groups is 1. The summed E-state index contributed by atoms with van der Waals surface area (Å²) in [4.78, 5) is 17.4. The van der Waals surface area contributed by atoms with Gasteiger partial charge in [-0.25, -0.2) is 4.98 Å². The zero-order valence-corrected chi connectivity index (χ0v) is 20.8. The van der Waals surface area contributed by atoms with Crippen molar-refractivity contribution in [2.75, 3.05) is 19.7 Å². The Labute approximate surface area is 208 Å². The summed E-state index contributed by atoms with van der Waals surface area (Å²) in [5, 5.41) is 6.83. The van der Waals surface area contributed by atoms with Crippen LogP contribution in [0.3, 0.4) is 0 Å². The molecule has 0 spiro atoms. The third kappa shape index (κ3) is 7.48. The van der Waals surface area contributed by atoms with Gasteiger partial charge < -0.3 is 15.4 Å². The number of hydrogen-bond acceptors (Lipinski definition) is 4. The van der Waals surface area contributed by atoms with Crippen LogP contribution in [0.2, 0.25) is 5.15 Å². The van der Waals surface area contributed by atoms with Gasteiger partial charge in [0.1, 0.15) is 5.15 Å². The standard InChI is InChI=1S/C28H34ClN3O2/c1-20-18-28(20,2)19-34-26-17-23(16-25(29)32-26)27(33)31-24(15-22-7-4-3-5-8-22)12-14-30-13-6-9-21-10-11-21/h3-5,7-8,16-17,20-21,24,30H,10-15,18-19H2,1-2H3,(H,31,33)/t20-,24+,28+/m0/s1. The molecule has 2 aliphatic carbocycles. The van der Waals surface area contributed by atoms with E-state index in [1.54, 1.807) is 12.1 Å². The molecule has 2 aromatic rings. The molecular weight excluding hydrogens is 446 g/mol. The van der Waals surface area contributed by atoms with Gasteiger partial charge in [0.15, 0.2) is 0 Å². The summed E-state index contributed by atoms with van der Waals surface area (Å²) in [6.07, 6.45) is 5.16. The second kappa shape index (κ2) is 11.3. The van der Waals surface area contributed by atoms with Gasteiger partial charge in [-0.1, -0.05) is 67.6 Å². The maximum absolute atomic E-state index is 13.1. The highest BCUT2D eigenvalue weighted by Crippen LogP contribution is 2.51. The van der Waals surface area contributed by atoms with Crippen LogP contribution in [0.1, 0.15) is 55.5 Å². The van der Waals surface area contributed by atoms with E-state index in [1.165, 1.54) is 18.4 Å². The molecule has 0 unspecified atom stereocenters. The number of pyridine rings is 1. The van der Waals surface area contributed by atoms with Gasteiger partial charge in [0.2, 0.25) is 5.88 Å². The average molecular weight is 480 g/mol. The minimum atomic E-state index is -0.172. The Hall–Kier alpha value is -2.55. The molecule has 2 N–H and O–H groups in total. The molecule has 3 atom stereocenters. The summed E-state index contributed by atoms with van der Waals surface area (Å²) >= 11 is 6.22. The Kier molecular flexibility index (Phi) is 8.13. The van der Waals surface area contributed by atoms with Crippen LogP contribution in [-0.4, -0.2) is 36.6 Å². The topological polar surface area (TPSA) is 63.2 Å². The first-order valence-electron chi connectivity index (χ1n) is 12.3. The quantitative estimate of drug-likeness (QED) is 0.273. The Morgan fingerprint density at radius 3 is 2.76 bits per heavy atom. The van der Waals surface area contributed by atoms with Crippen LogP contribution in [-0.2, 0) is 6.42 Å². The predicted octanol–water partition coefficient (Wildman–Crippen LogP) is 4.89. The van der Waals surface area contributed by atoms with Crippen molar-refractivity contribution in [3.8, 4) is 17.7 Å². The molecule has 0 radical (unpaired) electrons. The second-order valence-corrected chi connectivity index (χ2v) is 10.4. The van der Waals surface area contributed by atoms with Gasteiger partial charge >= 0.3 is 0 Å². The lowest BCUT2D eigenvalue weighted by Gasteiger charge is -2.20. The lowest BCUT2D eigenvalue weighted by molar-refractivity contribution is 0.0934. The molecule has 1 heterocycles. The second-order valence-electron chi connectivity index (χ2n) is 9.99. The van der Waals surface area contributed by atoms with E-state index in [0.29, 0.717) is 36.4 Å². The first kappa shape index (κ1) is 24.6. The number of rotatable bonds is 11. The summed E-state index contributed by atoms with van der Waals surface area (Å²) in [5.74, 6) is 7.94. The van der Waals surface area contributed by atoms with E-state index in [9.17, 15) is 4.79 Å². The van der Waals surface area contributed by atoms with E-state index in [0.717, 1.165) is 25.8 Å². The fraction of sp³-hybridized carbons (Fsp3) is 0.500. The molecule has 2 fully saturated rings. The Morgan fingerprint density at radius 1 is 1.29 bits per heavy atom. The molecule has 34 heavy (non-hydrogen) atoms. The van der Waals surface area contributed by atoms with Crippen LogP contribution < -0.4 is 15.4 Å². The number of ether oxygens (including phenoxy) is 1. The number of amides is 1. The lowest BCUT2D eigenvalue weighted by atomic mass is 10.0. The molecule has 1 amide bonds. The summed E-state index contributed by atoms with van der Waals surface area (Å²) in [5.41, 5.74) is 1.83. The third-order valence-corrected chi connectivity index (χ3v) is 7.00. The number of hydrogen-bond donors (Lipinski definition) is 2. The largest absolute Gasteiger partial charge is 0.477 e. The van der Waals surface area contributed by atoms with Crippen molar-refractivity contribution in [2.45, 2.75) is 52.0 Å². The highest BCUT2D eigenvalue weighted by molar-refractivity contribution is 6.29. The average Bonchev–Trinajstić information content (AvgIpc) is 3.74. The van der Waals surface area contributed by atoms with Crippen molar-refractivity contribution >= 4 is 17.5 Å². The number of aromatic nitrogens is 1. The Morgan fingerprint density at radius 2 is 2.06 bits per heavy atom. The van der Waals surface area contributed by atoms with Crippen LogP contribution in [0, 0.1) is 29.1 Å². The van der Waals surface area contributed by atoms with Gasteiger partial charge in [-0.15, -0.1) is 0 Å². The van der Waals surface area contributed by atoms with Crippen LogP contribution in [0.15, 0.2) is 42.5 Å². The third-order valence-electron chi connectivity index (χ3n) is 6.81. The molecule has 1 aromatic heterocycles. The van der Waals surface area contributed by atoms with E-state index in [4.69, 9.17) is 16.3 Å². The van der Waals surface area contributed by atoms with Crippen molar-refractivity contribution in [3.63, 3.8) is 0 Å². The van der Waals surface area contributed by atoms with Gasteiger partial charge in [0.25, 0.3) is 5.91 Å². The highest BCUT2D eigenvalue weighted by Gasteiger charge is 2.47. The fourth-order valence-corrected chi connectivity index (χ4v) is 4.20. The van der Waals surface area contributed by atoms with Gasteiger partial charge in [-0.3, -0.25) is 4.79 Å². The van der Waals surface area contributed by atoms with Crippen molar-refractivity contribution in [2.24, 2.45) is 17.3 Å². The predicted molar refractivity (Wildman–Crippen MR) is 136 cm³/mol. The van der Waals surface area contributed by atoms with Crippen LogP contribution in [0.4, 0.5) is 0 Å². The SMILES string of the molecule is C[C@H]1C[C@]1(C)COc1cc(C(=O)N[C@H](CCNCC#CC2CC2)Cc2ccccc2)cc(Cl)n1. The van der Waals surface area contributed by atoms with E-state index in [-0.39, 0.29) is 22.5 Å². The molecule has 1 aromatic carbocycles. The van der Waals surface area contributed by atoms with E-state index in [2.05, 4.69) is 53.4 Å². The number of halogens is 1. The molecule has 0 aliphatic heterocycles. The number of nitrogens with one attached hydrogen (secondary N) is 2. The molecule has 180 valence electrons. The summed E-state index contributed by atoms with van der Waals surface area (Å²) in [6, 6.07) is 13.5. The van der Waals surface area contributed by atoms with Crippen LogP contribution in [0.25, 0.3) is 0 Å². The minimum absolute atomic E-state index is 0.0266. The van der Waals surface area contributed by atoms with E-state index < -0.39 is 0 Å². The van der Waals surface area contributed by atoms with Gasteiger partial charge in [-0.05, 0) is 56.2 Å². The van der Waals surface area contributed by atoms with Gasteiger partial charge in [-0.2, -0.15) is 0 Å². The zero-order chi connectivity index (χ0) is 24.0. The normalized spacial score (nSPS) is 21.8. The maximum Gasteiger partial charge on any atom is 0.251 e. The lowest BCUT2D eigenvalue weighted by Crippen LogP contribution is -2.38. The van der Waals surface area contributed by atoms with Gasteiger partial charge in [0, 0.05) is 29.0 Å². The fourth-order valence-electron chi connectivity index (χ4n) is 4.00. The molecule has 5 nitrogen and oxygen atoms in total. The molecule has 0 saturated heterocycles. The number of benzene rings is 1. The van der Waals surface area contributed by atoms with Crippen molar-refractivity contribution in [1.29, 1.82) is 0 Å².